The van der Waals surface area contributed by atoms with Gasteiger partial charge in [0.25, 0.3) is 0 Å². The molecule has 2 rings (SSSR count). The van der Waals surface area contributed by atoms with E-state index in [1.54, 1.807) is 0 Å². The van der Waals surface area contributed by atoms with Crippen molar-refractivity contribution in [1.82, 2.24) is 15.3 Å². The molecule has 1 aromatic rings. The molecule has 1 amide bonds. The van der Waals surface area contributed by atoms with Crippen molar-refractivity contribution in [2.75, 3.05) is 24.2 Å². The van der Waals surface area contributed by atoms with Crippen LogP contribution in [0, 0.1) is 0 Å². The van der Waals surface area contributed by atoms with E-state index in [0.717, 1.165) is 24.2 Å². The van der Waals surface area contributed by atoms with E-state index < -0.39 is 0 Å². The first-order valence-electron chi connectivity index (χ1n) is 6.60. The van der Waals surface area contributed by atoms with Gasteiger partial charge in [0.1, 0.15) is 18.0 Å². The van der Waals surface area contributed by atoms with Gasteiger partial charge < -0.3 is 16.0 Å². The van der Waals surface area contributed by atoms with Crippen LogP contribution in [0.5, 0.6) is 0 Å². The third kappa shape index (κ3) is 3.33. The summed E-state index contributed by atoms with van der Waals surface area (Å²) in [5.41, 5.74) is 6.80. The van der Waals surface area contributed by atoms with E-state index in [4.69, 9.17) is 5.73 Å². The zero-order valence-corrected chi connectivity index (χ0v) is 11.7. The lowest BCUT2D eigenvalue weighted by Gasteiger charge is -2.22. The van der Waals surface area contributed by atoms with Crippen molar-refractivity contribution >= 4 is 17.5 Å². The van der Waals surface area contributed by atoms with Crippen LogP contribution in [0.3, 0.4) is 0 Å². The predicted molar refractivity (Wildman–Crippen MR) is 75.0 cm³/mol. The maximum absolute atomic E-state index is 11.8. The molecule has 3 N–H and O–H groups in total. The smallest absolute Gasteiger partial charge is 0.239 e. The number of hydrogen-bond donors (Lipinski definition) is 2. The van der Waals surface area contributed by atoms with Crippen LogP contribution in [0.1, 0.15) is 38.2 Å². The zero-order chi connectivity index (χ0) is 14.0. The summed E-state index contributed by atoms with van der Waals surface area (Å²) >= 11 is 0. The quantitative estimate of drug-likeness (QED) is 0.824. The van der Waals surface area contributed by atoms with E-state index in [9.17, 15) is 4.79 Å². The van der Waals surface area contributed by atoms with E-state index in [1.165, 1.54) is 6.33 Å². The molecule has 1 aliphatic rings. The average Bonchev–Trinajstić information content (AvgIpc) is 3.11. The lowest BCUT2D eigenvalue weighted by Crippen LogP contribution is -2.37. The Morgan fingerprint density at radius 2 is 2.21 bits per heavy atom. The summed E-state index contributed by atoms with van der Waals surface area (Å²) in [5.74, 6) is 1.45. The highest BCUT2D eigenvalue weighted by atomic mass is 16.2. The van der Waals surface area contributed by atoms with Gasteiger partial charge in [-0.25, -0.2) is 9.97 Å². The minimum Gasteiger partial charge on any atom is -0.383 e. The second kappa shape index (κ2) is 5.42. The molecular formula is C13H21N5O. The van der Waals surface area contributed by atoms with Crippen LogP contribution in [-0.4, -0.2) is 35.5 Å². The van der Waals surface area contributed by atoms with E-state index in [0.29, 0.717) is 11.9 Å². The van der Waals surface area contributed by atoms with Crippen LogP contribution in [-0.2, 0) is 4.79 Å². The van der Waals surface area contributed by atoms with Crippen LogP contribution >= 0.6 is 0 Å². The molecule has 0 unspecified atom stereocenters. The summed E-state index contributed by atoms with van der Waals surface area (Å²) in [7, 11) is 1.85. The topological polar surface area (TPSA) is 84.1 Å². The normalized spacial score (nSPS) is 14.5. The molecule has 1 fully saturated rings. The molecule has 1 aliphatic carbocycles. The fourth-order valence-corrected chi connectivity index (χ4v) is 2.05. The monoisotopic (exact) mass is 263 g/mol. The summed E-state index contributed by atoms with van der Waals surface area (Å²) < 4.78 is 0. The number of carbonyl (C=O) groups is 1. The van der Waals surface area contributed by atoms with Gasteiger partial charge in [-0.05, 0) is 18.8 Å². The fraction of sp³-hybridized carbons (Fsp3) is 0.615. The van der Waals surface area contributed by atoms with Gasteiger partial charge in [0.2, 0.25) is 5.91 Å². The third-order valence-corrected chi connectivity index (χ3v) is 3.16. The van der Waals surface area contributed by atoms with Gasteiger partial charge in [-0.1, -0.05) is 13.8 Å². The molecule has 0 aromatic carbocycles. The number of nitrogens with one attached hydrogen (secondary N) is 1. The first-order chi connectivity index (χ1) is 8.99. The first-order valence-corrected chi connectivity index (χ1v) is 6.60. The van der Waals surface area contributed by atoms with Gasteiger partial charge in [0.05, 0.1) is 6.54 Å². The van der Waals surface area contributed by atoms with Crippen molar-refractivity contribution in [3.63, 3.8) is 0 Å². The number of nitrogen functional groups attached to an aromatic ring is 1. The minimum absolute atomic E-state index is 0.0249. The highest BCUT2D eigenvalue weighted by molar-refractivity contribution is 5.82. The third-order valence-electron chi connectivity index (χ3n) is 3.16. The van der Waals surface area contributed by atoms with Crippen molar-refractivity contribution in [2.24, 2.45) is 0 Å². The molecule has 0 saturated heterocycles. The lowest BCUT2D eigenvalue weighted by atomic mass is 10.0. The molecule has 0 radical (unpaired) electrons. The number of amides is 1. The Bertz CT molecular complexity index is 470. The van der Waals surface area contributed by atoms with Crippen molar-refractivity contribution in [3.05, 3.63) is 11.9 Å². The molecule has 104 valence electrons. The standard InChI is InChI=1S/C13H21N5O/c1-8(2)11-12(14)15-7-16-13(11)18(3)6-10(19)17-9-4-5-9/h7-9H,4-6H2,1-3H3,(H,17,19)(H2,14,15,16). The number of aromatic nitrogens is 2. The molecule has 0 aliphatic heterocycles. The number of rotatable bonds is 5. The van der Waals surface area contributed by atoms with Gasteiger partial charge >= 0.3 is 0 Å². The van der Waals surface area contributed by atoms with Gasteiger partial charge in [-0.3, -0.25) is 4.79 Å². The van der Waals surface area contributed by atoms with Crippen LogP contribution in [0.2, 0.25) is 0 Å². The Balaban J connectivity index is 2.11. The van der Waals surface area contributed by atoms with Crippen molar-refractivity contribution in [3.8, 4) is 0 Å². The summed E-state index contributed by atoms with van der Waals surface area (Å²) in [6, 6.07) is 0.376. The summed E-state index contributed by atoms with van der Waals surface area (Å²) in [6.45, 7) is 4.36. The van der Waals surface area contributed by atoms with Crippen LogP contribution in [0.25, 0.3) is 0 Å². The minimum atomic E-state index is 0.0249. The maximum Gasteiger partial charge on any atom is 0.239 e. The molecule has 6 nitrogen and oxygen atoms in total. The lowest BCUT2D eigenvalue weighted by molar-refractivity contribution is -0.119. The Kier molecular flexibility index (Phi) is 3.87. The molecule has 0 spiro atoms. The zero-order valence-electron chi connectivity index (χ0n) is 11.7. The largest absolute Gasteiger partial charge is 0.383 e. The number of hydrogen-bond acceptors (Lipinski definition) is 5. The number of nitrogens with two attached hydrogens (primary N) is 1. The van der Waals surface area contributed by atoms with Crippen molar-refractivity contribution < 1.29 is 4.79 Å². The molecule has 0 atom stereocenters. The first kappa shape index (κ1) is 13.6. The summed E-state index contributed by atoms with van der Waals surface area (Å²) in [6.07, 6.45) is 3.62. The molecule has 6 heteroatoms. The summed E-state index contributed by atoms with van der Waals surface area (Å²) in [4.78, 5) is 21.9. The van der Waals surface area contributed by atoms with Gasteiger partial charge in [-0.2, -0.15) is 0 Å². The second-order valence-electron chi connectivity index (χ2n) is 5.35. The Hall–Kier alpha value is -1.85. The van der Waals surface area contributed by atoms with E-state index >= 15 is 0 Å². The molecule has 19 heavy (non-hydrogen) atoms. The Morgan fingerprint density at radius 3 is 2.79 bits per heavy atom. The van der Waals surface area contributed by atoms with Gasteiger partial charge in [0, 0.05) is 18.7 Å². The number of likely N-dealkylation sites (N-methyl/N-ethyl adjacent to an activating group) is 1. The predicted octanol–water partition coefficient (Wildman–Crippen LogP) is 0.897. The average molecular weight is 263 g/mol. The molecular weight excluding hydrogens is 242 g/mol. The molecule has 1 aromatic heterocycles. The maximum atomic E-state index is 11.8. The highest BCUT2D eigenvalue weighted by Crippen LogP contribution is 2.28. The number of carbonyl (C=O) groups excluding carboxylic acids is 1. The van der Waals surface area contributed by atoms with Crippen LogP contribution in [0.15, 0.2) is 6.33 Å². The van der Waals surface area contributed by atoms with E-state index in [1.807, 2.05) is 25.8 Å². The van der Waals surface area contributed by atoms with Gasteiger partial charge in [-0.15, -0.1) is 0 Å². The van der Waals surface area contributed by atoms with E-state index in [2.05, 4.69) is 15.3 Å². The number of nitrogens with zero attached hydrogens (tertiary/aromatic N) is 3. The van der Waals surface area contributed by atoms with Crippen LogP contribution in [0.4, 0.5) is 11.6 Å². The second-order valence-corrected chi connectivity index (χ2v) is 5.35. The fourth-order valence-electron chi connectivity index (χ4n) is 2.05. The number of anilines is 2. The molecule has 1 saturated carbocycles. The van der Waals surface area contributed by atoms with Crippen LogP contribution < -0.4 is 16.0 Å². The van der Waals surface area contributed by atoms with Gasteiger partial charge in [0.15, 0.2) is 0 Å². The molecule has 0 bridgehead atoms. The molecule has 1 heterocycles. The van der Waals surface area contributed by atoms with Crippen molar-refractivity contribution in [1.29, 1.82) is 0 Å². The highest BCUT2D eigenvalue weighted by Gasteiger charge is 2.24. The van der Waals surface area contributed by atoms with E-state index in [-0.39, 0.29) is 18.4 Å². The Labute approximate surface area is 113 Å². The SMILES string of the molecule is CC(C)c1c(N)ncnc1N(C)CC(=O)NC1CC1. The van der Waals surface area contributed by atoms with Crippen molar-refractivity contribution in [2.45, 2.75) is 38.6 Å². The summed E-state index contributed by atoms with van der Waals surface area (Å²) in [5, 5.41) is 2.96. The Morgan fingerprint density at radius 1 is 1.53 bits per heavy atom.